The van der Waals surface area contributed by atoms with Gasteiger partial charge in [0.15, 0.2) is 0 Å². The summed E-state index contributed by atoms with van der Waals surface area (Å²) in [6, 6.07) is 0. The van der Waals surface area contributed by atoms with E-state index in [4.69, 9.17) is 0 Å². The highest BCUT2D eigenvalue weighted by atomic mass is 16.5. The Kier molecular flexibility index (Phi) is 4.72. The third kappa shape index (κ3) is 3.34. The molecule has 2 heterocycles. The van der Waals surface area contributed by atoms with Crippen LogP contribution in [0.2, 0.25) is 0 Å². The van der Waals surface area contributed by atoms with Gasteiger partial charge in [-0.15, -0.1) is 0 Å². The van der Waals surface area contributed by atoms with Gasteiger partial charge < -0.3 is 10.1 Å². The lowest BCUT2D eigenvalue weighted by atomic mass is 10.1. The molecule has 0 radical (unpaired) electrons. The number of hydrogen-bond donors (Lipinski definition) is 1. The fraction of sp³-hybridized carbons (Fsp3) is 0.769. The summed E-state index contributed by atoms with van der Waals surface area (Å²) in [5.74, 6) is -0.471. The average molecular weight is 283 g/mol. The van der Waals surface area contributed by atoms with Crippen LogP contribution in [0.3, 0.4) is 0 Å². The molecule has 0 aliphatic carbocycles. The molecule has 3 amide bonds. The topological polar surface area (TPSA) is 81.2 Å². The van der Waals surface area contributed by atoms with Gasteiger partial charge in [0.2, 0.25) is 17.7 Å². The first-order valence-corrected chi connectivity index (χ1v) is 7.05. The second-order valence-electron chi connectivity index (χ2n) is 5.43. The Labute approximate surface area is 118 Å². The van der Waals surface area contributed by atoms with Gasteiger partial charge in [-0.25, -0.2) is 0 Å². The van der Waals surface area contributed by atoms with Gasteiger partial charge in [-0.05, 0) is 6.42 Å². The van der Waals surface area contributed by atoms with Crippen molar-refractivity contribution < 1.29 is 19.6 Å². The number of imide groups is 1. The summed E-state index contributed by atoms with van der Waals surface area (Å²) >= 11 is 0. The summed E-state index contributed by atoms with van der Waals surface area (Å²) in [6.07, 6.45) is 1.12. The number of hydroxylamine groups is 2. The third-order valence-corrected chi connectivity index (χ3v) is 3.85. The molecule has 0 aromatic rings. The Morgan fingerprint density at radius 3 is 2.45 bits per heavy atom. The molecule has 2 aliphatic heterocycles. The van der Waals surface area contributed by atoms with Crippen molar-refractivity contribution in [3.05, 3.63) is 0 Å². The third-order valence-electron chi connectivity index (χ3n) is 3.85. The Morgan fingerprint density at radius 1 is 1.25 bits per heavy atom. The second-order valence-corrected chi connectivity index (χ2v) is 5.43. The lowest BCUT2D eigenvalue weighted by Crippen LogP contribution is -2.47. The van der Waals surface area contributed by atoms with Crippen molar-refractivity contribution in [3.63, 3.8) is 0 Å². The summed E-state index contributed by atoms with van der Waals surface area (Å²) in [7, 11) is 0. The molecule has 112 valence electrons. The van der Waals surface area contributed by atoms with Gasteiger partial charge in [0.05, 0.1) is 0 Å². The predicted molar refractivity (Wildman–Crippen MR) is 69.7 cm³/mol. The number of rotatable bonds is 4. The lowest BCUT2D eigenvalue weighted by Gasteiger charge is -2.31. The van der Waals surface area contributed by atoms with Crippen molar-refractivity contribution in [2.75, 3.05) is 32.7 Å². The Morgan fingerprint density at radius 2 is 1.90 bits per heavy atom. The van der Waals surface area contributed by atoms with Crippen LogP contribution < -0.4 is 0 Å². The minimum absolute atomic E-state index is 0.0187. The smallest absolute Gasteiger partial charge is 0.232 e. The van der Waals surface area contributed by atoms with Crippen LogP contribution in [0.5, 0.6) is 0 Å². The number of nitrogens with zero attached hydrogens (tertiary/aromatic N) is 3. The van der Waals surface area contributed by atoms with Gasteiger partial charge in [0.1, 0.15) is 0 Å². The van der Waals surface area contributed by atoms with Crippen LogP contribution in [0.15, 0.2) is 0 Å². The highest BCUT2D eigenvalue weighted by molar-refractivity contribution is 6.03. The Bertz CT molecular complexity index is 404. The minimum atomic E-state index is -0.226. The van der Waals surface area contributed by atoms with E-state index >= 15 is 0 Å². The van der Waals surface area contributed by atoms with E-state index in [-0.39, 0.29) is 30.1 Å². The van der Waals surface area contributed by atoms with Crippen molar-refractivity contribution in [1.82, 2.24) is 14.9 Å². The highest BCUT2D eigenvalue weighted by Crippen LogP contribution is 2.19. The molecule has 2 fully saturated rings. The fourth-order valence-electron chi connectivity index (χ4n) is 2.58. The number of carbonyl (C=O) groups excluding carboxylic acids is 3. The highest BCUT2D eigenvalue weighted by Gasteiger charge is 2.35. The van der Waals surface area contributed by atoms with E-state index in [9.17, 15) is 19.6 Å². The van der Waals surface area contributed by atoms with E-state index < -0.39 is 0 Å². The lowest BCUT2D eigenvalue weighted by molar-refractivity contribution is -0.147. The summed E-state index contributed by atoms with van der Waals surface area (Å²) in [4.78, 5) is 38.2. The molecule has 0 aromatic heterocycles. The summed E-state index contributed by atoms with van der Waals surface area (Å²) < 4.78 is 0. The first-order valence-electron chi connectivity index (χ1n) is 7.05. The van der Waals surface area contributed by atoms with E-state index in [1.54, 1.807) is 11.8 Å². The molecule has 2 rings (SSSR count). The maximum Gasteiger partial charge on any atom is 0.232 e. The summed E-state index contributed by atoms with van der Waals surface area (Å²) in [6.45, 7) is 4.05. The van der Waals surface area contributed by atoms with Crippen LogP contribution in [0.4, 0.5) is 0 Å². The molecule has 7 nitrogen and oxygen atoms in total. The monoisotopic (exact) mass is 283 g/mol. The van der Waals surface area contributed by atoms with Crippen LogP contribution in [-0.2, 0) is 14.4 Å². The number of carbonyl (C=O) groups is 3. The molecular formula is C13H21N3O4. The molecule has 20 heavy (non-hydrogen) atoms. The maximum atomic E-state index is 11.9. The largest absolute Gasteiger partial charge is 0.340 e. The SMILES string of the molecule is CC1CC(=O)N(CCCC(=O)N2CCN(O)CC2)C1=O. The van der Waals surface area contributed by atoms with Crippen LogP contribution in [0.1, 0.15) is 26.2 Å². The normalized spacial score (nSPS) is 24.6. The van der Waals surface area contributed by atoms with E-state index in [0.717, 1.165) is 0 Å². The van der Waals surface area contributed by atoms with Crippen molar-refractivity contribution >= 4 is 17.7 Å². The summed E-state index contributed by atoms with van der Waals surface area (Å²) in [5.41, 5.74) is 0. The van der Waals surface area contributed by atoms with Crippen LogP contribution >= 0.6 is 0 Å². The van der Waals surface area contributed by atoms with Gasteiger partial charge in [0.25, 0.3) is 0 Å². The van der Waals surface area contributed by atoms with Gasteiger partial charge in [-0.3, -0.25) is 19.3 Å². The van der Waals surface area contributed by atoms with Crippen molar-refractivity contribution in [3.8, 4) is 0 Å². The molecule has 0 bridgehead atoms. The van der Waals surface area contributed by atoms with Crippen molar-refractivity contribution in [2.24, 2.45) is 5.92 Å². The van der Waals surface area contributed by atoms with Crippen LogP contribution in [-0.4, -0.2) is 70.5 Å². The zero-order valence-corrected chi connectivity index (χ0v) is 11.7. The number of likely N-dealkylation sites (tertiary alicyclic amines) is 1. The zero-order chi connectivity index (χ0) is 14.7. The maximum absolute atomic E-state index is 11.9. The second kappa shape index (κ2) is 6.32. The predicted octanol–water partition coefficient (Wildman–Crippen LogP) is -0.305. The molecule has 1 N–H and O–H groups in total. The average Bonchev–Trinajstić information content (AvgIpc) is 2.65. The molecular weight excluding hydrogens is 262 g/mol. The van der Waals surface area contributed by atoms with E-state index in [1.807, 2.05) is 0 Å². The first-order chi connectivity index (χ1) is 9.49. The van der Waals surface area contributed by atoms with Gasteiger partial charge in [-0.2, -0.15) is 5.06 Å². The fourth-order valence-corrected chi connectivity index (χ4v) is 2.58. The first kappa shape index (κ1) is 14.9. The molecule has 7 heteroatoms. The quantitative estimate of drug-likeness (QED) is 0.716. The van der Waals surface area contributed by atoms with Gasteiger partial charge in [0, 0.05) is 51.5 Å². The molecule has 0 aromatic carbocycles. The van der Waals surface area contributed by atoms with E-state index in [0.29, 0.717) is 45.6 Å². The molecule has 2 saturated heterocycles. The summed E-state index contributed by atoms with van der Waals surface area (Å²) in [5, 5.41) is 10.4. The molecule has 1 atom stereocenters. The van der Waals surface area contributed by atoms with Gasteiger partial charge >= 0.3 is 0 Å². The standard InChI is InChI=1S/C13H21N3O4/c1-10-9-12(18)16(13(10)19)4-2-3-11(17)14-5-7-15(20)8-6-14/h10,20H,2-9H2,1H3. The van der Waals surface area contributed by atoms with Crippen LogP contribution in [0, 0.1) is 5.92 Å². The van der Waals surface area contributed by atoms with Crippen molar-refractivity contribution in [1.29, 1.82) is 0 Å². The molecule has 2 aliphatic rings. The van der Waals surface area contributed by atoms with Crippen LogP contribution in [0.25, 0.3) is 0 Å². The van der Waals surface area contributed by atoms with Crippen molar-refractivity contribution in [2.45, 2.75) is 26.2 Å². The number of amides is 3. The molecule has 0 saturated carbocycles. The molecule has 1 unspecified atom stereocenters. The number of hydrogen-bond acceptors (Lipinski definition) is 5. The Balaban J connectivity index is 1.72. The van der Waals surface area contributed by atoms with E-state index in [1.165, 1.54) is 9.96 Å². The zero-order valence-electron chi connectivity index (χ0n) is 11.7. The van der Waals surface area contributed by atoms with E-state index in [2.05, 4.69) is 0 Å². The van der Waals surface area contributed by atoms with Gasteiger partial charge in [-0.1, -0.05) is 6.92 Å². The number of piperazine rings is 1. The molecule has 0 spiro atoms. The minimum Gasteiger partial charge on any atom is -0.340 e. The Hall–Kier alpha value is -1.47.